The van der Waals surface area contributed by atoms with Gasteiger partial charge in [-0.1, -0.05) is 24.6 Å². The van der Waals surface area contributed by atoms with E-state index in [-0.39, 0.29) is 0 Å². The number of halogens is 1. The number of rotatable bonds is 6. The van der Waals surface area contributed by atoms with Gasteiger partial charge in [0.1, 0.15) is 6.33 Å². The minimum atomic E-state index is 0.772. The van der Waals surface area contributed by atoms with Crippen LogP contribution in [0.5, 0.6) is 0 Å². The van der Waals surface area contributed by atoms with Gasteiger partial charge in [0.2, 0.25) is 0 Å². The quantitative estimate of drug-likeness (QED) is 0.832. The van der Waals surface area contributed by atoms with Crippen molar-refractivity contribution in [1.29, 1.82) is 0 Å². The molecule has 1 heterocycles. The van der Waals surface area contributed by atoms with E-state index >= 15 is 0 Å². The summed E-state index contributed by atoms with van der Waals surface area (Å²) in [5.41, 5.74) is 1.12. The summed E-state index contributed by atoms with van der Waals surface area (Å²) in [7, 11) is 1.93. The van der Waals surface area contributed by atoms with Gasteiger partial charge in [0.15, 0.2) is 5.16 Å². The molecule has 0 saturated heterocycles. The molecular formula is C13H17ClN4S. The number of hydrogen-bond acceptors (Lipinski definition) is 4. The molecule has 102 valence electrons. The van der Waals surface area contributed by atoms with E-state index in [0.717, 1.165) is 40.1 Å². The van der Waals surface area contributed by atoms with Gasteiger partial charge in [0.25, 0.3) is 0 Å². The number of aromatic nitrogens is 3. The van der Waals surface area contributed by atoms with E-state index in [0.29, 0.717) is 0 Å². The molecule has 0 radical (unpaired) electrons. The number of nitrogens with zero attached hydrogens (tertiary/aromatic N) is 3. The standard InChI is InChI=1S/C13H17ClN4S/c1-3-7-15-8-10-11(14)5-4-6-12(10)19-13-17-16-9-18(13)2/h4-6,9,15H,3,7-8H2,1-2H3. The van der Waals surface area contributed by atoms with Crippen LogP contribution in [-0.4, -0.2) is 21.3 Å². The Morgan fingerprint density at radius 3 is 2.95 bits per heavy atom. The molecule has 0 atom stereocenters. The van der Waals surface area contributed by atoms with Crippen LogP contribution in [-0.2, 0) is 13.6 Å². The smallest absolute Gasteiger partial charge is 0.195 e. The number of aryl methyl sites for hydroxylation is 1. The fourth-order valence-corrected chi connectivity index (χ4v) is 2.88. The molecule has 0 bridgehead atoms. The molecule has 0 aliphatic rings. The molecular weight excluding hydrogens is 280 g/mol. The fraction of sp³-hybridized carbons (Fsp3) is 0.385. The third kappa shape index (κ3) is 3.72. The third-order valence-electron chi connectivity index (χ3n) is 2.68. The Kier molecular flexibility index (Phi) is 5.24. The van der Waals surface area contributed by atoms with E-state index in [2.05, 4.69) is 28.5 Å². The van der Waals surface area contributed by atoms with Crippen molar-refractivity contribution in [2.75, 3.05) is 6.54 Å². The van der Waals surface area contributed by atoms with E-state index in [1.165, 1.54) is 0 Å². The van der Waals surface area contributed by atoms with Gasteiger partial charge in [-0.15, -0.1) is 10.2 Å². The number of benzene rings is 1. The highest BCUT2D eigenvalue weighted by atomic mass is 35.5. The lowest BCUT2D eigenvalue weighted by molar-refractivity contribution is 0.669. The van der Waals surface area contributed by atoms with Crippen molar-refractivity contribution >= 4 is 23.4 Å². The number of hydrogen-bond donors (Lipinski definition) is 1. The van der Waals surface area contributed by atoms with Crippen LogP contribution in [0.2, 0.25) is 5.02 Å². The Bertz CT molecular complexity index is 541. The first kappa shape index (κ1) is 14.4. The zero-order valence-electron chi connectivity index (χ0n) is 11.1. The molecule has 1 aromatic carbocycles. The summed E-state index contributed by atoms with van der Waals surface area (Å²) in [4.78, 5) is 1.12. The summed E-state index contributed by atoms with van der Waals surface area (Å²) >= 11 is 7.88. The Morgan fingerprint density at radius 1 is 1.42 bits per heavy atom. The van der Waals surface area contributed by atoms with Crippen molar-refractivity contribution in [3.05, 3.63) is 35.1 Å². The fourth-order valence-electron chi connectivity index (χ4n) is 1.66. The zero-order chi connectivity index (χ0) is 13.7. The Balaban J connectivity index is 2.19. The van der Waals surface area contributed by atoms with Crippen molar-refractivity contribution in [3.8, 4) is 0 Å². The summed E-state index contributed by atoms with van der Waals surface area (Å²) in [5, 5.41) is 13.0. The van der Waals surface area contributed by atoms with Gasteiger partial charge in [-0.25, -0.2) is 0 Å². The first-order chi connectivity index (χ1) is 9.22. The monoisotopic (exact) mass is 296 g/mol. The molecule has 1 N–H and O–H groups in total. The Labute approximate surface area is 122 Å². The van der Waals surface area contributed by atoms with Crippen molar-refractivity contribution in [1.82, 2.24) is 20.1 Å². The van der Waals surface area contributed by atoms with Gasteiger partial charge >= 0.3 is 0 Å². The van der Waals surface area contributed by atoms with Crippen LogP contribution >= 0.6 is 23.4 Å². The van der Waals surface area contributed by atoms with Crippen LogP contribution in [0.4, 0.5) is 0 Å². The lowest BCUT2D eigenvalue weighted by Gasteiger charge is -2.11. The van der Waals surface area contributed by atoms with E-state index in [4.69, 9.17) is 11.6 Å². The Hall–Kier alpha value is -1.04. The lowest BCUT2D eigenvalue weighted by Crippen LogP contribution is -2.14. The van der Waals surface area contributed by atoms with Crippen LogP contribution in [0.3, 0.4) is 0 Å². The first-order valence-electron chi connectivity index (χ1n) is 6.22. The summed E-state index contributed by atoms with van der Waals surface area (Å²) in [6, 6.07) is 5.95. The van der Waals surface area contributed by atoms with Gasteiger partial charge in [0, 0.05) is 23.5 Å². The predicted molar refractivity (Wildman–Crippen MR) is 78.6 cm³/mol. The molecule has 0 aliphatic carbocycles. The average molecular weight is 297 g/mol. The summed E-state index contributed by atoms with van der Waals surface area (Å²) in [5.74, 6) is 0. The molecule has 2 rings (SSSR count). The summed E-state index contributed by atoms with van der Waals surface area (Å²) < 4.78 is 1.90. The van der Waals surface area contributed by atoms with Crippen molar-refractivity contribution < 1.29 is 0 Å². The SMILES string of the molecule is CCCNCc1c(Cl)cccc1Sc1nncn1C. The van der Waals surface area contributed by atoms with Crippen LogP contribution in [0.15, 0.2) is 34.6 Å². The molecule has 4 nitrogen and oxygen atoms in total. The highest BCUT2D eigenvalue weighted by Crippen LogP contribution is 2.32. The van der Waals surface area contributed by atoms with Crippen LogP contribution in [0.1, 0.15) is 18.9 Å². The first-order valence-corrected chi connectivity index (χ1v) is 7.41. The highest BCUT2D eigenvalue weighted by Gasteiger charge is 2.10. The minimum absolute atomic E-state index is 0.772. The second-order valence-electron chi connectivity index (χ2n) is 4.22. The van der Waals surface area contributed by atoms with Gasteiger partial charge in [-0.05, 0) is 42.4 Å². The second-order valence-corrected chi connectivity index (χ2v) is 5.64. The molecule has 0 aliphatic heterocycles. The van der Waals surface area contributed by atoms with E-state index < -0.39 is 0 Å². The summed E-state index contributed by atoms with van der Waals surface area (Å²) in [6.07, 6.45) is 2.80. The number of nitrogens with one attached hydrogen (secondary N) is 1. The van der Waals surface area contributed by atoms with Crippen LogP contribution < -0.4 is 5.32 Å². The van der Waals surface area contributed by atoms with Gasteiger partial charge in [-0.3, -0.25) is 0 Å². The molecule has 1 aromatic heterocycles. The van der Waals surface area contributed by atoms with Gasteiger partial charge in [-0.2, -0.15) is 0 Å². The minimum Gasteiger partial charge on any atom is -0.313 e. The molecule has 2 aromatic rings. The van der Waals surface area contributed by atoms with E-state index in [9.17, 15) is 0 Å². The molecule has 0 amide bonds. The van der Waals surface area contributed by atoms with E-state index in [1.54, 1.807) is 18.1 Å². The average Bonchev–Trinajstić information content (AvgIpc) is 2.79. The van der Waals surface area contributed by atoms with Gasteiger partial charge in [0.05, 0.1) is 0 Å². The van der Waals surface area contributed by atoms with Crippen LogP contribution in [0, 0.1) is 0 Å². The van der Waals surface area contributed by atoms with E-state index in [1.807, 2.05) is 23.7 Å². The molecule has 0 unspecified atom stereocenters. The van der Waals surface area contributed by atoms with Crippen molar-refractivity contribution in [2.24, 2.45) is 7.05 Å². The topological polar surface area (TPSA) is 42.7 Å². The zero-order valence-corrected chi connectivity index (χ0v) is 12.6. The highest BCUT2D eigenvalue weighted by molar-refractivity contribution is 7.99. The maximum atomic E-state index is 6.29. The predicted octanol–water partition coefficient (Wildman–Crippen LogP) is 3.12. The molecule has 0 spiro atoms. The van der Waals surface area contributed by atoms with Crippen LogP contribution in [0.25, 0.3) is 0 Å². The lowest BCUT2D eigenvalue weighted by atomic mass is 10.2. The van der Waals surface area contributed by atoms with Crippen molar-refractivity contribution in [3.63, 3.8) is 0 Å². The Morgan fingerprint density at radius 2 is 2.26 bits per heavy atom. The molecule has 0 saturated carbocycles. The molecule has 19 heavy (non-hydrogen) atoms. The normalized spacial score (nSPS) is 10.9. The summed E-state index contributed by atoms with van der Waals surface area (Å²) in [6.45, 7) is 3.90. The van der Waals surface area contributed by atoms with Crippen molar-refractivity contribution in [2.45, 2.75) is 29.9 Å². The maximum absolute atomic E-state index is 6.29. The largest absolute Gasteiger partial charge is 0.313 e. The third-order valence-corrected chi connectivity index (χ3v) is 4.18. The maximum Gasteiger partial charge on any atom is 0.195 e. The molecule has 6 heteroatoms. The van der Waals surface area contributed by atoms with Gasteiger partial charge < -0.3 is 9.88 Å². The molecule has 0 fully saturated rings. The second kappa shape index (κ2) is 6.93.